The van der Waals surface area contributed by atoms with Gasteiger partial charge in [-0.1, -0.05) is 6.92 Å². The van der Waals surface area contributed by atoms with E-state index in [9.17, 15) is 0 Å². The predicted octanol–water partition coefficient (Wildman–Crippen LogP) is 1.68. The van der Waals surface area contributed by atoms with Crippen LogP contribution >= 0.6 is 11.3 Å². The quantitative estimate of drug-likeness (QED) is 0.785. The van der Waals surface area contributed by atoms with E-state index in [2.05, 4.69) is 19.2 Å². The molecule has 2 aromatic rings. The Bertz CT molecular complexity index is 788. The standard InChI is InChI=1S/C20H30N4O2S/c1-13-4-5-15-16(10-13)27-20-18(15)19(21-14(2)12-25-3)22-17(23-20)11-24-6-8-26-9-7-24/h13-14H,4-12H2,1-3H3,(H,21,22,23)/p+1/t13-,14+/m1/s1. The van der Waals surface area contributed by atoms with Crippen LogP contribution in [0.4, 0.5) is 5.82 Å². The number of aromatic nitrogens is 2. The van der Waals surface area contributed by atoms with Gasteiger partial charge < -0.3 is 19.7 Å². The number of rotatable bonds is 6. The first-order valence-corrected chi connectivity index (χ1v) is 10.9. The normalized spacial score (nSPS) is 22.0. The van der Waals surface area contributed by atoms with Crippen LogP contribution in [0.15, 0.2) is 0 Å². The summed E-state index contributed by atoms with van der Waals surface area (Å²) in [5.74, 6) is 2.71. The van der Waals surface area contributed by atoms with E-state index < -0.39 is 0 Å². The summed E-state index contributed by atoms with van der Waals surface area (Å²) in [7, 11) is 1.74. The minimum atomic E-state index is 0.217. The zero-order chi connectivity index (χ0) is 18.8. The van der Waals surface area contributed by atoms with E-state index in [-0.39, 0.29) is 6.04 Å². The second kappa shape index (κ2) is 8.39. The van der Waals surface area contributed by atoms with Crippen molar-refractivity contribution in [3.63, 3.8) is 0 Å². The number of morpholine rings is 1. The van der Waals surface area contributed by atoms with Crippen molar-refractivity contribution in [3.05, 3.63) is 16.3 Å². The summed E-state index contributed by atoms with van der Waals surface area (Å²) in [5, 5.41) is 4.86. The highest BCUT2D eigenvalue weighted by atomic mass is 32.1. The first-order valence-electron chi connectivity index (χ1n) is 10.1. The molecule has 0 spiro atoms. The Kier molecular flexibility index (Phi) is 5.92. The van der Waals surface area contributed by atoms with Gasteiger partial charge in [-0.25, -0.2) is 9.97 Å². The van der Waals surface area contributed by atoms with Crippen LogP contribution in [0.1, 0.15) is 36.5 Å². The lowest BCUT2D eigenvalue weighted by atomic mass is 9.89. The van der Waals surface area contributed by atoms with Crippen LogP contribution in [0.2, 0.25) is 0 Å². The van der Waals surface area contributed by atoms with E-state index >= 15 is 0 Å². The fourth-order valence-corrected chi connectivity index (χ4v) is 5.56. The van der Waals surface area contributed by atoms with Gasteiger partial charge in [-0.2, -0.15) is 0 Å². The Labute approximate surface area is 165 Å². The third-order valence-corrected chi connectivity index (χ3v) is 6.76. The number of nitrogens with zero attached hydrogens (tertiary/aromatic N) is 2. The van der Waals surface area contributed by atoms with E-state index in [0.29, 0.717) is 6.61 Å². The van der Waals surface area contributed by atoms with Crippen molar-refractivity contribution in [1.82, 2.24) is 9.97 Å². The van der Waals surface area contributed by atoms with E-state index in [1.54, 1.807) is 7.11 Å². The van der Waals surface area contributed by atoms with E-state index in [1.807, 2.05) is 11.3 Å². The number of ether oxygens (including phenoxy) is 2. The minimum Gasteiger partial charge on any atom is -0.383 e. The molecule has 1 fully saturated rings. The summed E-state index contributed by atoms with van der Waals surface area (Å²) >= 11 is 1.88. The molecule has 3 heterocycles. The molecule has 1 aliphatic heterocycles. The van der Waals surface area contributed by atoms with Gasteiger partial charge >= 0.3 is 0 Å². The molecular formula is C20H31N4O2S+. The summed E-state index contributed by atoms with van der Waals surface area (Å²) in [6.07, 6.45) is 3.57. The van der Waals surface area contributed by atoms with E-state index in [1.165, 1.54) is 33.6 Å². The van der Waals surface area contributed by atoms with Gasteiger partial charge in [0, 0.05) is 18.0 Å². The molecule has 27 heavy (non-hydrogen) atoms. The highest BCUT2D eigenvalue weighted by Gasteiger charge is 2.25. The monoisotopic (exact) mass is 391 g/mol. The molecule has 7 heteroatoms. The maximum absolute atomic E-state index is 5.49. The van der Waals surface area contributed by atoms with Gasteiger partial charge in [0.1, 0.15) is 30.3 Å². The zero-order valence-corrected chi connectivity index (χ0v) is 17.5. The molecule has 0 bridgehead atoms. The van der Waals surface area contributed by atoms with Crippen LogP contribution in [0.3, 0.4) is 0 Å². The average molecular weight is 392 g/mol. The molecule has 2 atom stereocenters. The van der Waals surface area contributed by atoms with Gasteiger partial charge in [0.25, 0.3) is 0 Å². The topological polar surface area (TPSA) is 60.7 Å². The molecule has 2 aromatic heterocycles. The number of hydrogen-bond acceptors (Lipinski definition) is 6. The number of aryl methyl sites for hydroxylation is 1. The molecular weight excluding hydrogens is 360 g/mol. The highest BCUT2D eigenvalue weighted by molar-refractivity contribution is 7.19. The molecule has 1 saturated heterocycles. The third-order valence-electron chi connectivity index (χ3n) is 5.61. The predicted molar refractivity (Wildman–Crippen MR) is 109 cm³/mol. The summed E-state index contributed by atoms with van der Waals surface area (Å²) in [6, 6.07) is 0.217. The third kappa shape index (κ3) is 4.26. The molecule has 1 aliphatic carbocycles. The number of thiophene rings is 1. The van der Waals surface area contributed by atoms with Crippen molar-refractivity contribution in [2.24, 2.45) is 5.92 Å². The summed E-state index contributed by atoms with van der Waals surface area (Å²) in [4.78, 5) is 14.1. The fourth-order valence-electron chi connectivity index (χ4n) is 4.16. The molecule has 6 nitrogen and oxygen atoms in total. The van der Waals surface area contributed by atoms with Crippen LogP contribution in [-0.2, 0) is 28.9 Å². The molecule has 2 aliphatic rings. The van der Waals surface area contributed by atoms with Crippen LogP contribution < -0.4 is 10.2 Å². The number of quaternary nitrogens is 1. The number of anilines is 1. The molecule has 0 saturated carbocycles. The van der Waals surface area contributed by atoms with Crippen molar-refractivity contribution in [2.75, 3.05) is 45.3 Å². The Morgan fingerprint density at radius 1 is 1.33 bits per heavy atom. The van der Waals surface area contributed by atoms with Crippen molar-refractivity contribution in [2.45, 2.75) is 45.7 Å². The van der Waals surface area contributed by atoms with Crippen molar-refractivity contribution >= 4 is 27.4 Å². The van der Waals surface area contributed by atoms with Gasteiger partial charge in [-0.3, -0.25) is 0 Å². The van der Waals surface area contributed by atoms with Crippen molar-refractivity contribution in [1.29, 1.82) is 0 Å². The summed E-state index contributed by atoms with van der Waals surface area (Å²) in [6.45, 7) is 9.75. The highest BCUT2D eigenvalue weighted by Crippen LogP contribution is 2.40. The zero-order valence-electron chi connectivity index (χ0n) is 16.6. The number of methoxy groups -OCH3 is 1. The minimum absolute atomic E-state index is 0.217. The van der Waals surface area contributed by atoms with Gasteiger partial charge in [0.05, 0.1) is 25.2 Å². The molecule has 148 valence electrons. The lowest BCUT2D eigenvalue weighted by Crippen LogP contribution is -3.12. The number of hydrogen-bond donors (Lipinski definition) is 2. The Balaban J connectivity index is 1.70. The lowest BCUT2D eigenvalue weighted by Gasteiger charge is -2.23. The maximum atomic E-state index is 5.49. The Morgan fingerprint density at radius 3 is 2.93 bits per heavy atom. The smallest absolute Gasteiger partial charge is 0.187 e. The molecule has 4 rings (SSSR count). The molecule has 0 unspecified atom stereocenters. The molecule has 0 aromatic carbocycles. The summed E-state index contributed by atoms with van der Waals surface area (Å²) < 4.78 is 10.8. The first-order chi connectivity index (χ1) is 13.1. The second-order valence-corrected chi connectivity index (χ2v) is 9.14. The average Bonchev–Trinajstić information content (AvgIpc) is 3.00. The molecule has 2 N–H and O–H groups in total. The molecule has 0 amide bonds. The van der Waals surface area contributed by atoms with E-state index in [0.717, 1.165) is 61.7 Å². The van der Waals surface area contributed by atoms with E-state index in [4.69, 9.17) is 19.4 Å². The first kappa shape index (κ1) is 19.1. The van der Waals surface area contributed by atoms with Crippen LogP contribution in [0, 0.1) is 5.92 Å². The lowest BCUT2D eigenvalue weighted by molar-refractivity contribution is -0.922. The SMILES string of the molecule is COC[C@H](C)Nc1nc(C[NH+]2CCOCC2)nc2sc3c(c12)CC[C@@H](C)C3. The number of nitrogens with one attached hydrogen (secondary N) is 2. The van der Waals surface area contributed by atoms with Gasteiger partial charge in [0.2, 0.25) is 0 Å². The Morgan fingerprint density at radius 2 is 2.15 bits per heavy atom. The van der Waals surface area contributed by atoms with Crippen LogP contribution in [0.5, 0.6) is 0 Å². The van der Waals surface area contributed by atoms with Crippen LogP contribution in [-0.4, -0.2) is 56.0 Å². The number of fused-ring (bicyclic) bond motifs is 3. The van der Waals surface area contributed by atoms with Gasteiger partial charge in [-0.05, 0) is 37.7 Å². The van der Waals surface area contributed by atoms with Gasteiger partial charge in [0.15, 0.2) is 5.82 Å². The second-order valence-electron chi connectivity index (χ2n) is 8.06. The molecule has 0 radical (unpaired) electrons. The maximum Gasteiger partial charge on any atom is 0.187 e. The van der Waals surface area contributed by atoms with Crippen molar-refractivity contribution < 1.29 is 14.4 Å². The van der Waals surface area contributed by atoms with Crippen molar-refractivity contribution in [3.8, 4) is 0 Å². The summed E-state index contributed by atoms with van der Waals surface area (Å²) in [5.41, 5.74) is 1.48. The van der Waals surface area contributed by atoms with Gasteiger partial charge in [-0.15, -0.1) is 11.3 Å². The Hall–Kier alpha value is -1.28. The largest absolute Gasteiger partial charge is 0.383 e. The van der Waals surface area contributed by atoms with Crippen LogP contribution in [0.25, 0.3) is 10.2 Å². The fraction of sp³-hybridized carbons (Fsp3) is 0.700.